The zero-order valence-electron chi connectivity index (χ0n) is 13.5. The molecule has 0 aliphatic rings. The van der Waals surface area contributed by atoms with Crippen LogP contribution in [-0.4, -0.2) is 29.6 Å². The molecule has 0 heterocycles. The third-order valence-electron chi connectivity index (χ3n) is 3.39. The van der Waals surface area contributed by atoms with Gasteiger partial charge in [-0.2, -0.15) is 8.78 Å². The quantitative estimate of drug-likeness (QED) is 0.635. The summed E-state index contributed by atoms with van der Waals surface area (Å²) in [5.41, 5.74) is 0.894. The van der Waals surface area contributed by atoms with Gasteiger partial charge in [-0.1, -0.05) is 6.07 Å². The lowest BCUT2D eigenvalue weighted by atomic mass is 10.1. The molecule has 0 aromatic heterocycles. The Bertz CT molecular complexity index is 772. The summed E-state index contributed by atoms with van der Waals surface area (Å²) in [6.45, 7) is 0.181. The van der Waals surface area contributed by atoms with Crippen molar-refractivity contribution in [3.8, 4) is 11.5 Å². The smallest absolute Gasteiger partial charge is 0.387 e. The number of halogens is 2. The third kappa shape index (κ3) is 4.76. The number of Topliss-reactive ketones (excluding diaryl/α,β-unsaturated/α-hetero) is 1. The number of ether oxygens (including phenoxy) is 2. The number of hydrogen-bond acceptors (Lipinski definition) is 5. The molecule has 0 aliphatic carbocycles. The first kappa shape index (κ1) is 18.4. The SMILES string of the molecule is Cc1ccc(C(=O)O[C@@H](C)C(=O)c2ccc(OC(F)F)cc2)c(O)c1. The number of phenolic OH excluding ortho intramolecular Hbond substituents is 1. The van der Waals surface area contributed by atoms with Crippen molar-refractivity contribution in [2.24, 2.45) is 0 Å². The predicted octanol–water partition coefficient (Wildman–Crippen LogP) is 3.73. The minimum Gasteiger partial charge on any atom is -0.507 e. The fourth-order valence-electron chi connectivity index (χ4n) is 2.13. The second-order valence-electron chi connectivity index (χ2n) is 5.34. The zero-order chi connectivity index (χ0) is 18.6. The van der Waals surface area contributed by atoms with Gasteiger partial charge in [0.25, 0.3) is 0 Å². The van der Waals surface area contributed by atoms with Gasteiger partial charge in [-0.05, 0) is 55.8 Å². The Morgan fingerprint density at radius 2 is 1.72 bits per heavy atom. The first-order valence-electron chi connectivity index (χ1n) is 7.37. The third-order valence-corrected chi connectivity index (χ3v) is 3.39. The summed E-state index contributed by atoms with van der Waals surface area (Å²) in [7, 11) is 0. The summed E-state index contributed by atoms with van der Waals surface area (Å²) in [5.74, 6) is -1.67. The molecule has 0 spiro atoms. The number of alkyl halides is 2. The van der Waals surface area contributed by atoms with Crippen LogP contribution in [0.15, 0.2) is 42.5 Å². The van der Waals surface area contributed by atoms with E-state index in [2.05, 4.69) is 4.74 Å². The van der Waals surface area contributed by atoms with E-state index in [1.165, 1.54) is 43.3 Å². The predicted molar refractivity (Wildman–Crippen MR) is 85.1 cm³/mol. The molecular formula is C18H16F2O5. The van der Waals surface area contributed by atoms with Crippen molar-refractivity contribution in [3.05, 3.63) is 59.2 Å². The van der Waals surface area contributed by atoms with E-state index >= 15 is 0 Å². The van der Waals surface area contributed by atoms with Crippen LogP contribution in [0.2, 0.25) is 0 Å². The van der Waals surface area contributed by atoms with Gasteiger partial charge in [-0.15, -0.1) is 0 Å². The number of aromatic hydroxyl groups is 1. The lowest BCUT2D eigenvalue weighted by Gasteiger charge is -2.13. The first-order valence-corrected chi connectivity index (χ1v) is 7.37. The summed E-state index contributed by atoms with van der Waals surface area (Å²) in [4.78, 5) is 24.3. The normalized spacial score (nSPS) is 11.9. The Morgan fingerprint density at radius 1 is 1.08 bits per heavy atom. The monoisotopic (exact) mass is 350 g/mol. The molecule has 1 N–H and O–H groups in total. The maximum absolute atomic E-state index is 12.3. The highest BCUT2D eigenvalue weighted by Crippen LogP contribution is 2.21. The molecule has 0 radical (unpaired) electrons. The molecule has 0 amide bonds. The summed E-state index contributed by atoms with van der Waals surface area (Å²) < 4.78 is 33.5. The molecule has 0 aliphatic heterocycles. The van der Waals surface area contributed by atoms with Crippen molar-refractivity contribution >= 4 is 11.8 Å². The van der Waals surface area contributed by atoms with E-state index in [-0.39, 0.29) is 22.6 Å². The molecule has 5 nitrogen and oxygen atoms in total. The van der Waals surface area contributed by atoms with Crippen molar-refractivity contribution in [2.75, 3.05) is 0 Å². The van der Waals surface area contributed by atoms with E-state index in [0.717, 1.165) is 5.56 Å². The van der Waals surface area contributed by atoms with E-state index < -0.39 is 24.5 Å². The van der Waals surface area contributed by atoms with E-state index in [4.69, 9.17) is 4.74 Å². The summed E-state index contributed by atoms with van der Waals surface area (Å²) in [6, 6.07) is 9.48. The highest BCUT2D eigenvalue weighted by molar-refractivity contribution is 6.01. The van der Waals surface area contributed by atoms with Crippen molar-refractivity contribution in [3.63, 3.8) is 0 Å². The molecule has 0 saturated heterocycles. The van der Waals surface area contributed by atoms with E-state index in [1.807, 2.05) is 0 Å². The van der Waals surface area contributed by atoms with Crippen molar-refractivity contribution < 1.29 is 33.0 Å². The largest absolute Gasteiger partial charge is 0.507 e. The number of benzene rings is 2. The standard InChI is InChI=1S/C18H16F2O5/c1-10-3-8-14(15(21)9-10)17(23)24-11(2)16(22)12-4-6-13(7-5-12)25-18(19)20/h3-9,11,18,21H,1-2H3/t11-/m0/s1. The Kier molecular flexibility index (Phi) is 5.69. The fraction of sp³-hybridized carbons (Fsp3) is 0.222. The van der Waals surface area contributed by atoms with Crippen LogP contribution in [0.4, 0.5) is 8.78 Å². The topological polar surface area (TPSA) is 72.8 Å². The maximum Gasteiger partial charge on any atom is 0.387 e. The fourth-order valence-corrected chi connectivity index (χ4v) is 2.13. The number of phenols is 1. The van der Waals surface area contributed by atoms with Gasteiger partial charge in [0, 0.05) is 5.56 Å². The lowest BCUT2D eigenvalue weighted by Crippen LogP contribution is -2.24. The van der Waals surface area contributed by atoms with Gasteiger partial charge in [0.1, 0.15) is 17.1 Å². The average molecular weight is 350 g/mol. The Hall–Kier alpha value is -2.96. The van der Waals surface area contributed by atoms with Crippen LogP contribution in [-0.2, 0) is 4.74 Å². The van der Waals surface area contributed by atoms with E-state index in [0.29, 0.717) is 0 Å². The van der Waals surface area contributed by atoms with Crippen LogP contribution in [0, 0.1) is 6.92 Å². The number of carbonyl (C=O) groups excluding carboxylic acids is 2. The van der Waals surface area contributed by atoms with Crippen LogP contribution < -0.4 is 4.74 Å². The van der Waals surface area contributed by atoms with Crippen molar-refractivity contribution in [2.45, 2.75) is 26.6 Å². The Balaban J connectivity index is 2.05. The van der Waals surface area contributed by atoms with Gasteiger partial charge in [0.05, 0.1) is 0 Å². The van der Waals surface area contributed by atoms with Crippen molar-refractivity contribution in [1.29, 1.82) is 0 Å². The van der Waals surface area contributed by atoms with E-state index in [1.54, 1.807) is 13.0 Å². The number of hydrogen-bond donors (Lipinski definition) is 1. The van der Waals surface area contributed by atoms with Crippen LogP contribution in [0.5, 0.6) is 11.5 Å². The molecule has 2 rings (SSSR count). The average Bonchev–Trinajstić information content (AvgIpc) is 2.54. The van der Waals surface area contributed by atoms with Gasteiger partial charge in [-0.3, -0.25) is 4.79 Å². The number of esters is 1. The second kappa shape index (κ2) is 7.74. The van der Waals surface area contributed by atoms with Gasteiger partial charge in [0.2, 0.25) is 5.78 Å². The highest BCUT2D eigenvalue weighted by Gasteiger charge is 2.22. The van der Waals surface area contributed by atoms with Gasteiger partial charge >= 0.3 is 12.6 Å². The molecule has 2 aromatic rings. The molecule has 2 aromatic carbocycles. The number of ketones is 1. The van der Waals surface area contributed by atoms with Crippen molar-refractivity contribution in [1.82, 2.24) is 0 Å². The molecule has 132 valence electrons. The number of rotatable bonds is 6. The van der Waals surface area contributed by atoms with Crippen LogP contribution in [0.25, 0.3) is 0 Å². The van der Waals surface area contributed by atoms with E-state index in [9.17, 15) is 23.5 Å². The minimum atomic E-state index is -2.95. The van der Waals surface area contributed by atoms with Crippen LogP contribution in [0.3, 0.4) is 0 Å². The molecule has 7 heteroatoms. The molecule has 0 unspecified atom stereocenters. The Labute approximate surface area is 142 Å². The molecule has 0 bridgehead atoms. The maximum atomic E-state index is 12.3. The van der Waals surface area contributed by atoms with Gasteiger partial charge in [0.15, 0.2) is 6.10 Å². The van der Waals surface area contributed by atoms with Gasteiger partial charge < -0.3 is 14.6 Å². The minimum absolute atomic E-state index is 0.0501. The summed E-state index contributed by atoms with van der Waals surface area (Å²) in [6.07, 6.45) is -1.12. The highest BCUT2D eigenvalue weighted by atomic mass is 19.3. The molecule has 25 heavy (non-hydrogen) atoms. The second-order valence-corrected chi connectivity index (χ2v) is 5.34. The number of aryl methyl sites for hydroxylation is 1. The molecule has 0 fully saturated rings. The van der Waals surface area contributed by atoms with Crippen LogP contribution >= 0.6 is 0 Å². The molecule has 1 atom stereocenters. The Morgan fingerprint density at radius 3 is 2.28 bits per heavy atom. The zero-order valence-corrected chi connectivity index (χ0v) is 13.5. The van der Waals surface area contributed by atoms with Gasteiger partial charge in [-0.25, -0.2) is 4.79 Å². The first-order chi connectivity index (χ1) is 11.8. The molecular weight excluding hydrogens is 334 g/mol. The molecule has 0 saturated carbocycles. The lowest BCUT2D eigenvalue weighted by molar-refractivity contribution is -0.0498. The number of carbonyl (C=O) groups is 2. The van der Waals surface area contributed by atoms with Crippen LogP contribution in [0.1, 0.15) is 33.2 Å². The summed E-state index contributed by atoms with van der Waals surface area (Å²) in [5, 5.41) is 9.77. The summed E-state index contributed by atoms with van der Waals surface area (Å²) >= 11 is 0.